The van der Waals surface area contributed by atoms with Crippen molar-refractivity contribution in [1.82, 2.24) is 0 Å². The van der Waals surface area contributed by atoms with E-state index in [1.165, 1.54) is 25.3 Å². The molecular weight excluding hydrogens is 316 g/mol. The van der Waals surface area contributed by atoms with Crippen molar-refractivity contribution in [1.29, 1.82) is 0 Å². The number of nitrogens with one attached hydrogen (secondary N) is 1. The van der Waals surface area contributed by atoms with Crippen LogP contribution in [0.3, 0.4) is 0 Å². The SMILES string of the molecule is COc1cc(F)ccc1NCc1ccc(Br)c(F)c1. The second-order valence-corrected chi connectivity index (χ2v) is 4.80. The van der Waals surface area contributed by atoms with Crippen molar-refractivity contribution >= 4 is 21.6 Å². The van der Waals surface area contributed by atoms with E-state index in [0.717, 1.165) is 5.56 Å². The molecular formula is C14H12BrF2NO. The van der Waals surface area contributed by atoms with Gasteiger partial charge in [0.05, 0.1) is 17.3 Å². The van der Waals surface area contributed by atoms with E-state index in [2.05, 4.69) is 21.2 Å². The van der Waals surface area contributed by atoms with E-state index in [4.69, 9.17) is 4.74 Å². The molecule has 0 aliphatic rings. The van der Waals surface area contributed by atoms with E-state index in [9.17, 15) is 8.78 Å². The molecule has 0 saturated heterocycles. The summed E-state index contributed by atoms with van der Waals surface area (Å²) in [6, 6.07) is 9.11. The Hall–Kier alpha value is -1.62. The first-order valence-corrected chi connectivity index (χ1v) is 6.41. The molecule has 2 nitrogen and oxygen atoms in total. The second-order valence-electron chi connectivity index (χ2n) is 3.95. The Morgan fingerprint density at radius 1 is 1.16 bits per heavy atom. The van der Waals surface area contributed by atoms with Gasteiger partial charge in [0.1, 0.15) is 17.4 Å². The van der Waals surface area contributed by atoms with Crippen LogP contribution in [0.1, 0.15) is 5.56 Å². The van der Waals surface area contributed by atoms with E-state index in [0.29, 0.717) is 22.5 Å². The summed E-state index contributed by atoms with van der Waals surface area (Å²) in [5.74, 6) is -0.264. The van der Waals surface area contributed by atoms with Gasteiger partial charge in [-0.2, -0.15) is 0 Å². The summed E-state index contributed by atoms with van der Waals surface area (Å²) >= 11 is 3.10. The number of rotatable bonds is 4. The van der Waals surface area contributed by atoms with E-state index < -0.39 is 0 Å². The summed E-state index contributed by atoms with van der Waals surface area (Å²) < 4.78 is 31.9. The zero-order chi connectivity index (χ0) is 13.8. The number of hydrogen-bond donors (Lipinski definition) is 1. The van der Waals surface area contributed by atoms with E-state index >= 15 is 0 Å². The van der Waals surface area contributed by atoms with Gasteiger partial charge < -0.3 is 10.1 Å². The first-order chi connectivity index (χ1) is 9.10. The molecule has 0 bridgehead atoms. The second kappa shape index (κ2) is 6.02. The molecule has 0 radical (unpaired) electrons. The van der Waals surface area contributed by atoms with Crippen LogP contribution in [-0.2, 0) is 6.54 Å². The van der Waals surface area contributed by atoms with Crippen LogP contribution in [0.4, 0.5) is 14.5 Å². The van der Waals surface area contributed by atoms with E-state index in [1.54, 1.807) is 18.2 Å². The predicted molar refractivity (Wildman–Crippen MR) is 74.4 cm³/mol. The predicted octanol–water partition coefficient (Wildman–Crippen LogP) is 4.35. The van der Waals surface area contributed by atoms with E-state index in [1.807, 2.05) is 0 Å². The third-order valence-corrected chi connectivity index (χ3v) is 3.27. The number of methoxy groups -OCH3 is 1. The normalized spacial score (nSPS) is 10.3. The molecule has 5 heteroatoms. The number of halogens is 3. The highest BCUT2D eigenvalue weighted by molar-refractivity contribution is 9.10. The molecule has 0 fully saturated rings. The zero-order valence-electron chi connectivity index (χ0n) is 10.2. The Morgan fingerprint density at radius 2 is 1.95 bits per heavy atom. The summed E-state index contributed by atoms with van der Waals surface area (Å²) in [4.78, 5) is 0. The summed E-state index contributed by atoms with van der Waals surface area (Å²) in [7, 11) is 1.47. The van der Waals surface area contributed by atoms with Gasteiger partial charge in [0.15, 0.2) is 0 Å². The fourth-order valence-corrected chi connectivity index (χ4v) is 1.90. The van der Waals surface area contributed by atoms with Gasteiger partial charge >= 0.3 is 0 Å². The maximum atomic E-state index is 13.4. The highest BCUT2D eigenvalue weighted by Gasteiger charge is 2.05. The molecule has 0 aromatic heterocycles. The molecule has 19 heavy (non-hydrogen) atoms. The quantitative estimate of drug-likeness (QED) is 0.901. The molecule has 0 saturated carbocycles. The van der Waals surface area contributed by atoms with Crippen LogP contribution < -0.4 is 10.1 Å². The van der Waals surface area contributed by atoms with Crippen LogP contribution in [0.5, 0.6) is 5.75 Å². The molecule has 1 N–H and O–H groups in total. The van der Waals surface area contributed by atoms with Gasteiger partial charge in [-0.1, -0.05) is 6.07 Å². The smallest absolute Gasteiger partial charge is 0.144 e. The van der Waals surface area contributed by atoms with Crippen molar-refractivity contribution in [3.8, 4) is 5.75 Å². The molecule has 0 atom stereocenters. The minimum Gasteiger partial charge on any atom is -0.494 e. The third kappa shape index (κ3) is 3.44. The summed E-state index contributed by atoms with van der Waals surface area (Å²) in [6.07, 6.45) is 0. The van der Waals surface area contributed by atoms with Crippen molar-refractivity contribution in [2.45, 2.75) is 6.54 Å². The Kier molecular flexibility index (Phi) is 4.37. The molecule has 0 amide bonds. The standard InChI is InChI=1S/C14H12BrF2NO/c1-19-14-7-10(16)3-5-13(14)18-8-9-2-4-11(15)12(17)6-9/h2-7,18H,8H2,1H3. The van der Waals surface area contributed by atoms with Crippen LogP contribution in [0.25, 0.3) is 0 Å². The van der Waals surface area contributed by atoms with Crippen molar-refractivity contribution in [3.63, 3.8) is 0 Å². The van der Waals surface area contributed by atoms with Crippen molar-refractivity contribution in [2.75, 3.05) is 12.4 Å². The summed E-state index contributed by atoms with van der Waals surface area (Å²) in [5.41, 5.74) is 1.44. The first kappa shape index (κ1) is 13.8. The average Bonchev–Trinajstić information content (AvgIpc) is 2.41. The lowest BCUT2D eigenvalue weighted by Gasteiger charge is -2.11. The number of benzene rings is 2. The van der Waals surface area contributed by atoms with Gasteiger partial charge in [-0.25, -0.2) is 8.78 Å². The zero-order valence-corrected chi connectivity index (χ0v) is 11.8. The topological polar surface area (TPSA) is 21.3 Å². The van der Waals surface area contributed by atoms with Crippen LogP contribution in [-0.4, -0.2) is 7.11 Å². The van der Waals surface area contributed by atoms with Crippen LogP contribution in [0, 0.1) is 11.6 Å². The molecule has 0 aliphatic carbocycles. The molecule has 0 unspecified atom stereocenters. The summed E-state index contributed by atoms with van der Waals surface area (Å²) in [6.45, 7) is 0.423. The van der Waals surface area contributed by atoms with Gasteiger partial charge in [0, 0.05) is 12.6 Å². The maximum absolute atomic E-state index is 13.4. The largest absolute Gasteiger partial charge is 0.494 e. The molecule has 0 heterocycles. The first-order valence-electron chi connectivity index (χ1n) is 5.61. The Morgan fingerprint density at radius 3 is 2.63 bits per heavy atom. The molecule has 100 valence electrons. The lowest BCUT2D eigenvalue weighted by Crippen LogP contribution is -2.02. The molecule has 0 aliphatic heterocycles. The highest BCUT2D eigenvalue weighted by atomic mass is 79.9. The fraction of sp³-hybridized carbons (Fsp3) is 0.143. The monoisotopic (exact) mass is 327 g/mol. The van der Waals surface area contributed by atoms with Gasteiger partial charge in [-0.05, 0) is 45.8 Å². The minimum absolute atomic E-state index is 0.314. The molecule has 2 rings (SSSR count). The van der Waals surface area contributed by atoms with Gasteiger partial charge in [-0.3, -0.25) is 0 Å². The third-order valence-electron chi connectivity index (χ3n) is 2.63. The van der Waals surface area contributed by atoms with Crippen LogP contribution >= 0.6 is 15.9 Å². The maximum Gasteiger partial charge on any atom is 0.144 e. The van der Waals surface area contributed by atoms with Crippen molar-refractivity contribution in [2.24, 2.45) is 0 Å². The lowest BCUT2D eigenvalue weighted by molar-refractivity contribution is 0.413. The molecule has 0 spiro atoms. The lowest BCUT2D eigenvalue weighted by atomic mass is 10.2. The minimum atomic E-state index is -0.364. The number of anilines is 1. The Bertz CT molecular complexity index is 590. The van der Waals surface area contributed by atoms with Crippen molar-refractivity contribution < 1.29 is 13.5 Å². The number of ether oxygens (including phenoxy) is 1. The van der Waals surface area contributed by atoms with Crippen molar-refractivity contribution in [3.05, 3.63) is 58.1 Å². The fourth-order valence-electron chi connectivity index (χ4n) is 1.66. The summed E-state index contributed by atoms with van der Waals surface area (Å²) in [5, 5.41) is 3.08. The van der Waals surface area contributed by atoms with Crippen LogP contribution in [0.2, 0.25) is 0 Å². The highest BCUT2D eigenvalue weighted by Crippen LogP contribution is 2.25. The van der Waals surface area contributed by atoms with Crippen LogP contribution in [0.15, 0.2) is 40.9 Å². The van der Waals surface area contributed by atoms with Gasteiger partial charge in [-0.15, -0.1) is 0 Å². The van der Waals surface area contributed by atoms with Gasteiger partial charge in [0.2, 0.25) is 0 Å². The molecule has 2 aromatic rings. The molecule has 2 aromatic carbocycles. The Labute approximate surface area is 118 Å². The number of hydrogen-bond acceptors (Lipinski definition) is 2. The van der Waals surface area contributed by atoms with E-state index in [-0.39, 0.29) is 11.6 Å². The van der Waals surface area contributed by atoms with Gasteiger partial charge in [0.25, 0.3) is 0 Å². The Balaban J connectivity index is 2.12. The average molecular weight is 328 g/mol.